The van der Waals surface area contributed by atoms with Gasteiger partial charge in [0.2, 0.25) is 0 Å². The van der Waals surface area contributed by atoms with Gasteiger partial charge in [-0.05, 0) is 72.4 Å². The van der Waals surface area contributed by atoms with Crippen LogP contribution in [0.2, 0.25) is 0 Å². The maximum atomic E-state index is 3.80. The third-order valence-corrected chi connectivity index (χ3v) is 5.67. The van der Waals surface area contributed by atoms with Gasteiger partial charge in [-0.15, -0.1) is 0 Å². The minimum Gasteiger partial charge on any atom is -0.314 e. The van der Waals surface area contributed by atoms with Crippen molar-refractivity contribution in [3.8, 4) is 0 Å². The number of hydrogen-bond donors (Lipinski definition) is 1. The number of rotatable bonds is 0. The summed E-state index contributed by atoms with van der Waals surface area (Å²) in [6.45, 7) is 7.51. The average molecular weight is 280 g/mol. The standard InChI is InChI=1S/C16H32N4/c1-18-6-4-7-19(2)15-11-14-12-16(13-15)20(10-9-18)8-3-5-17-14/h14-17H,3-13H2,1-2H3. The summed E-state index contributed by atoms with van der Waals surface area (Å²) >= 11 is 0. The van der Waals surface area contributed by atoms with E-state index in [2.05, 4.69) is 34.1 Å². The number of fused-ring (bicyclic) bond motifs is 2. The summed E-state index contributed by atoms with van der Waals surface area (Å²) in [7, 11) is 4.64. The zero-order valence-electron chi connectivity index (χ0n) is 13.4. The van der Waals surface area contributed by atoms with E-state index in [9.17, 15) is 0 Å². The number of likely N-dealkylation sites (N-methyl/N-ethyl adjacent to an activating group) is 1. The lowest BCUT2D eigenvalue weighted by Gasteiger charge is -2.45. The molecule has 1 N–H and O–H groups in total. The number of nitrogens with zero attached hydrogens (tertiary/aromatic N) is 3. The molecule has 4 heteroatoms. The molecule has 0 aromatic heterocycles. The molecule has 3 bridgehead atoms. The quantitative estimate of drug-likeness (QED) is 0.710. The molecule has 2 heterocycles. The first-order valence-corrected chi connectivity index (χ1v) is 8.58. The zero-order chi connectivity index (χ0) is 13.9. The molecule has 3 fully saturated rings. The van der Waals surface area contributed by atoms with Gasteiger partial charge in [0.25, 0.3) is 0 Å². The van der Waals surface area contributed by atoms with Gasteiger partial charge < -0.3 is 15.1 Å². The van der Waals surface area contributed by atoms with Crippen molar-refractivity contribution in [2.75, 3.05) is 53.4 Å². The summed E-state index contributed by atoms with van der Waals surface area (Å²) < 4.78 is 0. The van der Waals surface area contributed by atoms with Gasteiger partial charge in [-0.1, -0.05) is 0 Å². The predicted octanol–water partition coefficient (Wildman–Crippen LogP) is 0.839. The smallest absolute Gasteiger partial charge is 0.0125 e. The largest absolute Gasteiger partial charge is 0.314 e. The molecule has 116 valence electrons. The Morgan fingerprint density at radius 1 is 0.800 bits per heavy atom. The third kappa shape index (κ3) is 3.53. The summed E-state index contributed by atoms with van der Waals surface area (Å²) in [4.78, 5) is 7.97. The van der Waals surface area contributed by atoms with Crippen LogP contribution in [-0.2, 0) is 0 Å². The van der Waals surface area contributed by atoms with E-state index in [4.69, 9.17) is 0 Å². The highest BCUT2D eigenvalue weighted by Crippen LogP contribution is 2.28. The maximum absolute atomic E-state index is 3.80. The first-order valence-electron chi connectivity index (χ1n) is 8.58. The first-order chi connectivity index (χ1) is 9.72. The fourth-order valence-corrected chi connectivity index (χ4v) is 4.33. The molecule has 3 rings (SSSR count). The van der Waals surface area contributed by atoms with E-state index in [0.29, 0.717) is 0 Å². The Hall–Kier alpha value is -0.160. The van der Waals surface area contributed by atoms with E-state index in [1.54, 1.807) is 0 Å². The van der Waals surface area contributed by atoms with Crippen LogP contribution in [0.3, 0.4) is 0 Å². The van der Waals surface area contributed by atoms with Crippen LogP contribution in [0.5, 0.6) is 0 Å². The number of nitrogens with one attached hydrogen (secondary N) is 1. The molecule has 1 saturated carbocycles. The van der Waals surface area contributed by atoms with Crippen LogP contribution in [0, 0.1) is 0 Å². The topological polar surface area (TPSA) is 21.8 Å². The van der Waals surface area contributed by atoms with Crippen LogP contribution in [0.15, 0.2) is 0 Å². The Labute approximate surface area is 124 Å². The van der Waals surface area contributed by atoms with E-state index in [0.717, 1.165) is 18.1 Å². The van der Waals surface area contributed by atoms with E-state index < -0.39 is 0 Å². The Kier molecular flexibility index (Phi) is 4.97. The first kappa shape index (κ1) is 14.8. The van der Waals surface area contributed by atoms with Crippen molar-refractivity contribution in [3.05, 3.63) is 0 Å². The molecule has 3 atom stereocenters. The van der Waals surface area contributed by atoms with Crippen LogP contribution >= 0.6 is 0 Å². The summed E-state index contributed by atoms with van der Waals surface area (Å²) in [6, 6.07) is 2.35. The maximum Gasteiger partial charge on any atom is 0.0125 e. The highest BCUT2D eigenvalue weighted by atomic mass is 15.2. The fraction of sp³-hybridized carbons (Fsp3) is 1.00. The SMILES string of the molecule is CN1CCCN(C)C2CC3CC(C2)N(CCCN3)CC1. The molecule has 20 heavy (non-hydrogen) atoms. The number of hydrogen-bond acceptors (Lipinski definition) is 4. The second-order valence-corrected chi connectivity index (χ2v) is 7.19. The second-order valence-electron chi connectivity index (χ2n) is 7.19. The van der Waals surface area contributed by atoms with Crippen molar-refractivity contribution in [2.45, 2.75) is 50.2 Å². The van der Waals surface area contributed by atoms with Gasteiger partial charge in [0.1, 0.15) is 0 Å². The molecular formula is C16H32N4. The predicted molar refractivity (Wildman–Crippen MR) is 84.2 cm³/mol. The summed E-state index contributed by atoms with van der Waals surface area (Å²) in [6.07, 6.45) is 6.74. The second kappa shape index (κ2) is 6.73. The van der Waals surface area contributed by atoms with Gasteiger partial charge >= 0.3 is 0 Å². The Bertz CT molecular complexity index is 309. The normalized spacial score (nSPS) is 39.0. The van der Waals surface area contributed by atoms with E-state index >= 15 is 0 Å². The molecule has 2 saturated heterocycles. The van der Waals surface area contributed by atoms with Gasteiger partial charge in [-0.2, -0.15) is 0 Å². The van der Waals surface area contributed by atoms with Crippen LogP contribution in [0.1, 0.15) is 32.1 Å². The molecule has 0 aromatic carbocycles. The lowest BCUT2D eigenvalue weighted by atomic mass is 9.84. The van der Waals surface area contributed by atoms with Crippen molar-refractivity contribution in [3.63, 3.8) is 0 Å². The lowest BCUT2D eigenvalue weighted by molar-refractivity contribution is 0.0699. The molecule has 4 nitrogen and oxygen atoms in total. The van der Waals surface area contributed by atoms with Crippen LogP contribution in [0.25, 0.3) is 0 Å². The van der Waals surface area contributed by atoms with Gasteiger partial charge in [-0.25, -0.2) is 0 Å². The third-order valence-electron chi connectivity index (χ3n) is 5.67. The molecular weight excluding hydrogens is 248 g/mol. The molecule has 3 aliphatic rings. The van der Waals surface area contributed by atoms with Crippen molar-refractivity contribution >= 4 is 0 Å². The van der Waals surface area contributed by atoms with Crippen molar-refractivity contribution < 1.29 is 0 Å². The summed E-state index contributed by atoms with van der Waals surface area (Å²) in [5.41, 5.74) is 0. The van der Waals surface area contributed by atoms with Gasteiger partial charge in [0.15, 0.2) is 0 Å². The van der Waals surface area contributed by atoms with E-state index in [1.807, 2.05) is 0 Å². The van der Waals surface area contributed by atoms with Gasteiger partial charge in [0, 0.05) is 31.2 Å². The molecule has 0 amide bonds. The molecule has 0 spiro atoms. The Morgan fingerprint density at radius 2 is 1.65 bits per heavy atom. The highest BCUT2D eigenvalue weighted by Gasteiger charge is 2.34. The average Bonchev–Trinajstić information content (AvgIpc) is 2.45. The Balaban J connectivity index is 1.76. The minimum absolute atomic E-state index is 0.752. The fourth-order valence-electron chi connectivity index (χ4n) is 4.33. The van der Waals surface area contributed by atoms with E-state index in [1.165, 1.54) is 71.4 Å². The van der Waals surface area contributed by atoms with Crippen LogP contribution in [0.4, 0.5) is 0 Å². The van der Waals surface area contributed by atoms with Crippen molar-refractivity contribution in [2.24, 2.45) is 0 Å². The minimum atomic E-state index is 0.752. The van der Waals surface area contributed by atoms with E-state index in [-0.39, 0.29) is 0 Å². The molecule has 0 radical (unpaired) electrons. The van der Waals surface area contributed by atoms with Gasteiger partial charge in [0.05, 0.1) is 0 Å². The van der Waals surface area contributed by atoms with Crippen LogP contribution < -0.4 is 5.32 Å². The van der Waals surface area contributed by atoms with Crippen molar-refractivity contribution in [1.82, 2.24) is 20.0 Å². The van der Waals surface area contributed by atoms with Crippen molar-refractivity contribution in [1.29, 1.82) is 0 Å². The summed E-state index contributed by atoms with van der Waals surface area (Å²) in [5.74, 6) is 0. The molecule has 3 unspecified atom stereocenters. The summed E-state index contributed by atoms with van der Waals surface area (Å²) in [5, 5.41) is 3.80. The lowest BCUT2D eigenvalue weighted by Crippen LogP contribution is -2.55. The molecule has 2 aliphatic heterocycles. The Morgan fingerprint density at radius 3 is 2.55 bits per heavy atom. The highest BCUT2D eigenvalue weighted by molar-refractivity contribution is 4.93. The monoisotopic (exact) mass is 280 g/mol. The molecule has 1 aliphatic carbocycles. The zero-order valence-corrected chi connectivity index (χ0v) is 13.4. The molecule has 0 aromatic rings. The van der Waals surface area contributed by atoms with Crippen LogP contribution in [-0.4, -0.2) is 86.2 Å². The van der Waals surface area contributed by atoms with Gasteiger partial charge in [-0.3, -0.25) is 4.90 Å².